The van der Waals surface area contributed by atoms with Crippen LogP contribution in [0.3, 0.4) is 0 Å². The zero-order valence-corrected chi connectivity index (χ0v) is 10.2. The van der Waals surface area contributed by atoms with Crippen molar-refractivity contribution < 1.29 is 9.53 Å². The molecule has 3 N–H and O–H groups in total. The maximum Gasteiger partial charge on any atom is 0.235 e. The van der Waals surface area contributed by atoms with Gasteiger partial charge >= 0.3 is 0 Å². The Kier molecular flexibility index (Phi) is 5.73. The third kappa shape index (κ3) is 4.08. The standard InChI is InChI=1S/C11H23N3O2/c1-3-16-9-4-6-14(7-5-9)8-10(13-2)11(12)15/h9-10,13H,3-8H2,1-2H3,(H2,12,15). The van der Waals surface area contributed by atoms with Crippen molar-refractivity contribution in [2.24, 2.45) is 5.73 Å². The van der Waals surface area contributed by atoms with E-state index < -0.39 is 0 Å². The lowest BCUT2D eigenvalue weighted by Crippen LogP contribution is -2.50. The Morgan fingerprint density at radius 3 is 2.62 bits per heavy atom. The highest BCUT2D eigenvalue weighted by Gasteiger charge is 2.23. The van der Waals surface area contributed by atoms with Crippen LogP contribution in [0.5, 0.6) is 0 Å². The van der Waals surface area contributed by atoms with Gasteiger partial charge in [-0.1, -0.05) is 0 Å². The number of rotatable bonds is 6. The van der Waals surface area contributed by atoms with E-state index in [1.807, 2.05) is 6.92 Å². The van der Waals surface area contributed by atoms with E-state index in [4.69, 9.17) is 10.5 Å². The number of primary amides is 1. The highest BCUT2D eigenvalue weighted by atomic mass is 16.5. The molecule has 1 aliphatic rings. The predicted molar refractivity (Wildman–Crippen MR) is 63.1 cm³/mol. The minimum atomic E-state index is -0.283. The van der Waals surface area contributed by atoms with Gasteiger partial charge in [0.15, 0.2) is 0 Å². The number of nitrogens with one attached hydrogen (secondary N) is 1. The summed E-state index contributed by atoms with van der Waals surface area (Å²) in [5.41, 5.74) is 5.29. The van der Waals surface area contributed by atoms with E-state index >= 15 is 0 Å². The van der Waals surface area contributed by atoms with E-state index in [-0.39, 0.29) is 11.9 Å². The number of likely N-dealkylation sites (N-methyl/N-ethyl adjacent to an activating group) is 1. The lowest BCUT2D eigenvalue weighted by molar-refractivity contribution is -0.120. The minimum Gasteiger partial charge on any atom is -0.378 e. The fraction of sp³-hybridized carbons (Fsp3) is 0.909. The summed E-state index contributed by atoms with van der Waals surface area (Å²) in [6, 6.07) is -0.247. The summed E-state index contributed by atoms with van der Waals surface area (Å²) < 4.78 is 5.58. The first-order valence-electron chi connectivity index (χ1n) is 5.98. The quantitative estimate of drug-likeness (QED) is 0.648. The van der Waals surface area contributed by atoms with Gasteiger partial charge in [0.05, 0.1) is 12.1 Å². The average Bonchev–Trinajstić information content (AvgIpc) is 2.28. The first-order chi connectivity index (χ1) is 7.67. The number of hydrogen-bond acceptors (Lipinski definition) is 4. The van der Waals surface area contributed by atoms with E-state index in [0.29, 0.717) is 12.6 Å². The maximum atomic E-state index is 11.1. The van der Waals surface area contributed by atoms with Crippen LogP contribution in [0.4, 0.5) is 0 Å². The Labute approximate surface area is 97.3 Å². The predicted octanol–water partition coefficient (Wildman–Crippen LogP) is -0.439. The Hall–Kier alpha value is -0.650. The lowest BCUT2D eigenvalue weighted by Gasteiger charge is -2.33. The SMILES string of the molecule is CCOC1CCN(CC(NC)C(N)=O)CC1. The van der Waals surface area contributed by atoms with E-state index in [9.17, 15) is 4.79 Å². The Morgan fingerprint density at radius 1 is 1.56 bits per heavy atom. The fourth-order valence-electron chi connectivity index (χ4n) is 2.08. The fourth-order valence-corrected chi connectivity index (χ4v) is 2.08. The van der Waals surface area contributed by atoms with Crippen molar-refractivity contribution in [2.45, 2.75) is 31.9 Å². The molecule has 1 fully saturated rings. The van der Waals surface area contributed by atoms with E-state index in [0.717, 1.165) is 32.5 Å². The van der Waals surface area contributed by atoms with Crippen molar-refractivity contribution in [3.63, 3.8) is 0 Å². The average molecular weight is 229 g/mol. The molecule has 1 atom stereocenters. The monoisotopic (exact) mass is 229 g/mol. The van der Waals surface area contributed by atoms with Crippen molar-refractivity contribution in [1.29, 1.82) is 0 Å². The number of amides is 1. The Balaban J connectivity index is 2.28. The van der Waals surface area contributed by atoms with Gasteiger partial charge in [0.2, 0.25) is 5.91 Å². The third-order valence-corrected chi connectivity index (χ3v) is 3.07. The second-order valence-electron chi connectivity index (χ2n) is 4.20. The smallest absolute Gasteiger partial charge is 0.235 e. The van der Waals surface area contributed by atoms with E-state index in [1.54, 1.807) is 7.05 Å². The van der Waals surface area contributed by atoms with Gasteiger partial charge in [-0.2, -0.15) is 0 Å². The molecule has 1 saturated heterocycles. The summed E-state index contributed by atoms with van der Waals surface area (Å²) in [6.07, 6.45) is 2.48. The summed E-state index contributed by atoms with van der Waals surface area (Å²) in [6.45, 7) is 5.47. The molecule has 0 bridgehead atoms. The number of carbonyl (C=O) groups excluding carboxylic acids is 1. The number of likely N-dealkylation sites (tertiary alicyclic amines) is 1. The first kappa shape index (κ1) is 13.4. The Morgan fingerprint density at radius 2 is 2.19 bits per heavy atom. The van der Waals surface area contributed by atoms with Crippen molar-refractivity contribution in [2.75, 3.05) is 33.3 Å². The lowest BCUT2D eigenvalue weighted by atomic mass is 10.1. The molecule has 16 heavy (non-hydrogen) atoms. The Bertz CT molecular complexity index is 215. The van der Waals surface area contributed by atoms with Crippen LogP contribution in [0, 0.1) is 0 Å². The maximum absolute atomic E-state index is 11.1. The highest BCUT2D eigenvalue weighted by Crippen LogP contribution is 2.13. The van der Waals surface area contributed by atoms with Crippen LogP contribution in [0.15, 0.2) is 0 Å². The van der Waals surface area contributed by atoms with Gasteiger partial charge in [-0.05, 0) is 26.8 Å². The molecule has 0 aliphatic carbocycles. The molecule has 0 radical (unpaired) electrons. The molecule has 0 aromatic rings. The molecule has 1 rings (SSSR count). The number of carbonyl (C=O) groups is 1. The van der Waals surface area contributed by atoms with Gasteiger partial charge in [0, 0.05) is 26.2 Å². The van der Waals surface area contributed by atoms with Crippen molar-refractivity contribution in [3.8, 4) is 0 Å². The second-order valence-corrected chi connectivity index (χ2v) is 4.20. The van der Waals surface area contributed by atoms with Gasteiger partial charge in [-0.3, -0.25) is 4.79 Å². The normalized spacial score (nSPS) is 20.9. The molecule has 5 heteroatoms. The topological polar surface area (TPSA) is 67.6 Å². The number of ether oxygens (including phenoxy) is 1. The molecule has 1 heterocycles. The molecule has 1 amide bonds. The van der Waals surface area contributed by atoms with Crippen LogP contribution in [0.2, 0.25) is 0 Å². The zero-order chi connectivity index (χ0) is 12.0. The summed E-state index contributed by atoms with van der Waals surface area (Å²) in [5.74, 6) is -0.283. The van der Waals surface area contributed by atoms with Crippen molar-refractivity contribution in [3.05, 3.63) is 0 Å². The molecular formula is C11H23N3O2. The van der Waals surface area contributed by atoms with Crippen LogP contribution < -0.4 is 11.1 Å². The number of nitrogens with two attached hydrogens (primary N) is 1. The first-order valence-corrected chi connectivity index (χ1v) is 5.98. The van der Waals surface area contributed by atoms with Crippen LogP contribution >= 0.6 is 0 Å². The van der Waals surface area contributed by atoms with E-state index in [1.165, 1.54) is 0 Å². The highest BCUT2D eigenvalue weighted by molar-refractivity contribution is 5.80. The summed E-state index contributed by atoms with van der Waals surface area (Å²) >= 11 is 0. The van der Waals surface area contributed by atoms with Crippen molar-refractivity contribution >= 4 is 5.91 Å². The van der Waals surface area contributed by atoms with Gasteiger partial charge in [-0.25, -0.2) is 0 Å². The summed E-state index contributed by atoms with van der Waals surface area (Å²) in [4.78, 5) is 13.3. The molecule has 0 saturated carbocycles. The molecule has 0 aromatic carbocycles. The number of nitrogens with zero attached hydrogens (tertiary/aromatic N) is 1. The van der Waals surface area contributed by atoms with E-state index in [2.05, 4.69) is 10.2 Å². The second kappa shape index (κ2) is 6.83. The van der Waals surface area contributed by atoms with Crippen LogP contribution in [0.1, 0.15) is 19.8 Å². The zero-order valence-electron chi connectivity index (χ0n) is 10.2. The van der Waals surface area contributed by atoms with Crippen LogP contribution in [-0.4, -0.2) is 56.2 Å². The third-order valence-electron chi connectivity index (χ3n) is 3.07. The van der Waals surface area contributed by atoms with Gasteiger partial charge < -0.3 is 20.7 Å². The van der Waals surface area contributed by atoms with Crippen LogP contribution in [-0.2, 0) is 9.53 Å². The number of hydrogen-bond donors (Lipinski definition) is 2. The molecule has 0 spiro atoms. The number of piperidine rings is 1. The minimum absolute atomic E-state index is 0.247. The molecule has 1 aliphatic heterocycles. The molecule has 5 nitrogen and oxygen atoms in total. The van der Waals surface area contributed by atoms with Gasteiger partial charge in [0.25, 0.3) is 0 Å². The largest absolute Gasteiger partial charge is 0.378 e. The summed E-state index contributed by atoms with van der Waals surface area (Å²) in [7, 11) is 1.77. The molecule has 1 unspecified atom stereocenters. The van der Waals surface area contributed by atoms with Crippen LogP contribution in [0.25, 0.3) is 0 Å². The molecule has 94 valence electrons. The van der Waals surface area contributed by atoms with Gasteiger partial charge in [0.1, 0.15) is 0 Å². The van der Waals surface area contributed by atoms with Crippen molar-refractivity contribution in [1.82, 2.24) is 10.2 Å². The molecule has 0 aromatic heterocycles. The molecular weight excluding hydrogens is 206 g/mol. The van der Waals surface area contributed by atoms with Gasteiger partial charge in [-0.15, -0.1) is 0 Å². The summed E-state index contributed by atoms with van der Waals surface area (Å²) in [5, 5.41) is 2.94.